The molecule has 6 heteroatoms. The van der Waals surface area contributed by atoms with Crippen LogP contribution < -0.4 is 10.1 Å². The van der Waals surface area contributed by atoms with Crippen LogP contribution in [0.2, 0.25) is 0 Å². The Balaban J connectivity index is 2.03. The molecule has 1 aromatic carbocycles. The zero-order valence-corrected chi connectivity index (χ0v) is 15.3. The maximum absolute atomic E-state index is 12.0. The second-order valence-corrected chi connectivity index (χ2v) is 7.23. The smallest absolute Gasteiger partial charge is 0.264 e. The number of aromatic nitrogens is 2. The van der Waals surface area contributed by atoms with E-state index in [1.807, 2.05) is 19.1 Å². The molecule has 23 heavy (non-hydrogen) atoms. The number of ether oxygens (including phenoxy) is 1. The summed E-state index contributed by atoms with van der Waals surface area (Å²) < 4.78 is 6.45. The van der Waals surface area contributed by atoms with Gasteiger partial charge in [-0.3, -0.25) is 10.1 Å². The van der Waals surface area contributed by atoms with Crippen molar-refractivity contribution in [2.45, 2.75) is 33.1 Å². The molecule has 0 spiro atoms. The molecular weight excluding hydrogens is 358 g/mol. The number of benzene rings is 1. The SMILES string of the molecule is Cc1ccc(OCC(=O)Nc2ncc(Br)cn2)c(C(C)(C)C)c1. The molecule has 0 radical (unpaired) electrons. The Morgan fingerprint density at radius 1 is 1.26 bits per heavy atom. The number of carbonyl (C=O) groups excluding carboxylic acids is 1. The summed E-state index contributed by atoms with van der Waals surface area (Å²) in [6.45, 7) is 8.29. The number of halogens is 1. The number of aryl methyl sites for hydroxylation is 1. The molecule has 1 heterocycles. The summed E-state index contributed by atoms with van der Waals surface area (Å²) in [6.07, 6.45) is 3.14. The average molecular weight is 378 g/mol. The highest BCUT2D eigenvalue weighted by Crippen LogP contribution is 2.32. The van der Waals surface area contributed by atoms with Crippen LogP contribution in [0.25, 0.3) is 0 Å². The molecule has 0 aliphatic rings. The largest absolute Gasteiger partial charge is 0.483 e. The lowest BCUT2D eigenvalue weighted by Gasteiger charge is -2.23. The van der Waals surface area contributed by atoms with Gasteiger partial charge in [0, 0.05) is 12.4 Å². The highest BCUT2D eigenvalue weighted by molar-refractivity contribution is 9.10. The summed E-state index contributed by atoms with van der Waals surface area (Å²) in [5.74, 6) is 0.671. The summed E-state index contributed by atoms with van der Waals surface area (Å²) in [7, 11) is 0. The lowest BCUT2D eigenvalue weighted by atomic mass is 9.85. The predicted octanol–water partition coefficient (Wildman–Crippen LogP) is 3.86. The van der Waals surface area contributed by atoms with Crippen LogP contribution >= 0.6 is 15.9 Å². The van der Waals surface area contributed by atoms with Crippen LogP contribution in [0.1, 0.15) is 31.9 Å². The zero-order valence-electron chi connectivity index (χ0n) is 13.7. The van der Waals surface area contributed by atoms with Gasteiger partial charge >= 0.3 is 0 Å². The quantitative estimate of drug-likeness (QED) is 0.878. The van der Waals surface area contributed by atoms with Gasteiger partial charge in [0.15, 0.2) is 6.61 Å². The van der Waals surface area contributed by atoms with Crippen molar-refractivity contribution in [2.75, 3.05) is 11.9 Å². The van der Waals surface area contributed by atoms with Crippen LogP contribution in [0.5, 0.6) is 5.75 Å². The third-order valence-electron chi connectivity index (χ3n) is 3.17. The fraction of sp³-hybridized carbons (Fsp3) is 0.353. The van der Waals surface area contributed by atoms with E-state index in [9.17, 15) is 4.79 Å². The van der Waals surface area contributed by atoms with Crippen LogP contribution in [0.3, 0.4) is 0 Å². The molecule has 1 aromatic heterocycles. The number of amides is 1. The topological polar surface area (TPSA) is 64.1 Å². The van der Waals surface area contributed by atoms with Crippen molar-refractivity contribution < 1.29 is 9.53 Å². The van der Waals surface area contributed by atoms with Gasteiger partial charge in [-0.05, 0) is 39.9 Å². The Kier molecular flexibility index (Phi) is 5.36. The van der Waals surface area contributed by atoms with Gasteiger partial charge in [-0.2, -0.15) is 0 Å². The van der Waals surface area contributed by atoms with Crippen molar-refractivity contribution in [3.63, 3.8) is 0 Å². The van der Waals surface area contributed by atoms with Crippen LogP contribution in [0, 0.1) is 6.92 Å². The van der Waals surface area contributed by atoms with Gasteiger partial charge in [-0.15, -0.1) is 0 Å². The van der Waals surface area contributed by atoms with Crippen LogP contribution in [-0.2, 0) is 10.2 Å². The summed E-state index contributed by atoms with van der Waals surface area (Å²) in [5.41, 5.74) is 2.17. The van der Waals surface area contributed by atoms with Crippen molar-refractivity contribution in [1.82, 2.24) is 9.97 Å². The molecule has 1 N–H and O–H groups in total. The fourth-order valence-corrected chi connectivity index (χ4v) is 2.24. The van der Waals surface area contributed by atoms with Crippen LogP contribution in [-0.4, -0.2) is 22.5 Å². The lowest BCUT2D eigenvalue weighted by Crippen LogP contribution is -2.23. The summed E-state index contributed by atoms with van der Waals surface area (Å²) in [5, 5.41) is 2.60. The number of hydrogen-bond donors (Lipinski definition) is 1. The Hall–Kier alpha value is -1.95. The minimum Gasteiger partial charge on any atom is -0.483 e. The second-order valence-electron chi connectivity index (χ2n) is 6.31. The summed E-state index contributed by atoms with van der Waals surface area (Å²) in [6, 6.07) is 5.96. The van der Waals surface area contributed by atoms with E-state index >= 15 is 0 Å². The van der Waals surface area contributed by atoms with E-state index in [0.29, 0.717) is 0 Å². The number of hydrogen-bond acceptors (Lipinski definition) is 4. The fourth-order valence-electron chi connectivity index (χ4n) is 2.04. The molecule has 0 saturated carbocycles. The molecule has 2 aromatic rings. The minimum atomic E-state index is -0.298. The summed E-state index contributed by atoms with van der Waals surface area (Å²) in [4.78, 5) is 20.0. The van der Waals surface area contributed by atoms with Gasteiger partial charge < -0.3 is 4.74 Å². The van der Waals surface area contributed by atoms with Crippen molar-refractivity contribution in [3.8, 4) is 5.75 Å². The van der Waals surface area contributed by atoms with E-state index in [1.54, 1.807) is 12.4 Å². The molecule has 0 aliphatic heterocycles. The number of nitrogens with zero attached hydrogens (tertiary/aromatic N) is 2. The first kappa shape index (κ1) is 17.4. The van der Waals surface area contributed by atoms with Crippen molar-refractivity contribution in [3.05, 3.63) is 46.2 Å². The molecular formula is C17H20BrN3O2. The Morgan fingerprint density at radius 3 is 2.52 bits per heavy atom. The predicted molar refractivity (Wildman–Crippen MR) is 93.7 cm³/mol. The summed E-state index contributed by atoms with van der Waals surface area (Å²) >= 11 is 3.24. The van der Waals surface area contributed by atoms with Gasteiger partial charge in [-0.25, -0.2) is 9.97 Å². The Bertz CT molecular complexity index is 694. The Morgan fingerprint density at radius 2 is 1.91 bits per heavy atom. The van der Waals surface area contributed by atoms with Gasteiger partial charge in [0.1, 0.15) is 5.75 Å². The number of rotatable bonds is 4. The van der Waals surface area contributed by atoms with E-state index in [0.717, 1.165) is 21.3 Å². The monoisotopic (exact) mass is 377 g/mol. The molecule has 5 nitrogen and oxygen atoms in total. The van der Waals surface area contributed by atoms with Crippen molar-refractivity contribution in [1.29, 1.82) is 0 Å². The van der Waals surface area contributed by atoms with Crippen molar-refractivity contribution in [2.24, 2.45) is 0 Å². The van der Waals surface area contributed by atoms with E-state index in [4.69, 9.17) is 4.74 Å². The number of anilines is 1. The highest BCUT2D eigenvalue weighted by atomic mass is 79.9. The molecule has 0 unspecified atom stereocenters. The molecule has 0 bridgehead atoms. The standard InChI is InChI=1S/C17H20BrN3O2/c1-11-5-6-14(13(7-11)17(2,3)4)23-10-15(22)21-16-19-8-12(18)9-20-16/h5-9H,10H2,1-4H3,(H,19,20,21,22). The molecule has 0 atom stereocenters. The highest BCUT2D eigenvalue weighted by Gasteiger charge is 2.19. The number of carbonyl (C=O) groups is 1. The van der Waals surface area contributed by atoms with Gasteiger partial charge in [0.05, 0.1) is 4.47 Å². The minimum absolute atomic E-state index is 0.0628. The first-order valence-corrected chi connectivity index (χ1v) is 8.06. The van der Waals surface area contributed by atoms with E-state index in [2.05, 4.69) is 58.1 Å². The Labute approximate surface area is 144 Å². The first-order chi connectivity index (χ1) is 10.8. The van der Waals surface area contributed by atoms with Gasteiger partial charge in [0.2, 0.25) is 5.95 Å². The normalized spacial score (nSPS) is 11.2. The second kappa shape index (κ2) is 7.08. The maximum Gasteiger partial charge on any atom is 0.264 e. The van der Waals surface area contributed by atoms with Crippen molar-refractivity contribution >= 4 is 27.8 Å². The van der Waals surface area contributed by atoms with E-state index in [1.165, 1.54) is 0 Å². The average Bonchev–Trinajstić information content (AvgIpc) is 2.47. The molecule has 2 rings (SSSR count). The molecule has 0 saturated heterocycles. The molecule has 0 fully saturated rings. The zero-order chi connectivity index (χ0) is 17.0. The lowest BCUT2D eigenvalue weighted by molar-refractivity contribution is -0.118. The number of nitrogens with one attached hydrogen (secondary N) is 1. The maximum atomic E-state index is 12.0. The van der Waals surface area contributed by atoms with E-state index < -0.39 is 0 Å². The molecule has 122 valence electrons. The molecule has 1 amide bonds. The third-order valence-corrected chi connectivity index (χ3v) is 3.58. The third kappa shape index (κ3) is 5.03. The van der Waals surface area contributed by atoms with Gasteiger partial charge in [0.25, 0.3) is 5.91 Å². The molecule has 0 aliphatic carbocycles. The van der Waals surface area contributed by atoms with Crippen LogP contribution in [0.15, 0.2) is 35.1 Å². The van der Waals surface area contributed by atoms with Crippen LogP contribution in [0.4, 0.5) is 5.95 Å². The first-order valence-electron chi connectivity index (χ1n) is 7.27. The van der Waals surface area contributed by atoms with E-state index in [-0.39, 0.29) is 23.9 Å². The van der Waals surface area contributed by atoms with Gasteiger partial charge in [-0.1, -0.05) is 38.5 Å².